The van der Waals surface area contributed by atoms with E-state index in [2.05, 4.69) is 48.7 Å². The minimum Gasteiger partial charge on any atom is -0.362 e. The molecule has 0 aliphatic heterocycles. The lowest BCUT2D eigenvalue weighted by Crippen LogP contribution is -2.30. The summed E-state index contributed by atoms with van der Waals surface area (Å²) in [5.74, 6) is 2.23. The number of rotatable bonds is 7. The van der Waals surface area contributed by atoms with Crippen LogP contribution in [0, 0.1) is 0 Å². The molecule has 0 aromatic heterocycles. The molecule has 0 fully saturated rings. The number of anilines is 1. The van der Waals surface area contributed by atoms with E-state index in [9.17, 15) is 0 Å². The van der Waals surface area contributed by atoms with Crippen LogP contribution in [-0.2, 0) is 5.75 Å². The van der Waals surface area contributed by atoms with Crippen LogP contribution in [0.5, 0.6) is 0 Å². The summed E-state index contributed by atoms with van der Waals surface area (Å²) < 4.78 is 0. The van der Waals surface area contributed by atoms with Crippen molar-refractivity contribution in [2.45, 2.75) is 25.5 Å². The molecule has 2 aromatic rings. The third kappa shape index (κ3) is 6.70. The van der Waals surface area contributed by atoms with Crippen molar-refractivity contribution in [1.82, 2.24) is 5.32 Å². The first-order chi connectivity index (χ1) is 12.0. The lowest BCUT2D eigenvalue weighted by atomic mass is 10.0. The molecule has 0 heterocycles. The van der Waals surface area contributed by atoms with Crippen molar-refractivity contribution in [3.05, 3.63) is 63.6 Å². The minimum absolute atomic E-state index is 0.530. The van der Waals surface area contributed by atoms with Gasteiger partial charge in [0.15, 0.2) is 5.11 Å². The molecular formula is C19H22Cl2N2S2. The zero-order valence-corrected chi connectivity index (χ0v) is 17.5. The van der Waals surface area contributed by atoms with Gasteiger partial charge < -0.3 is 10.6 Å². The predicted molar refractivity (Wildman–Crippen MR) is 117 cm³/mol. The van der Waals surface area contributed by atoms with E-state index in [0.29, 0.717) is 11.0 Å². The fraction of sp³-hybridized carbons (Fsp3) is 0.316. The van der Waals surface area contributed by atoms with Gasteiger partial charge in [-0.2, -0.15) is 11.8 Å². The lowest BCUT2D eigenvalue weighted by Gasteiger charge is -2.12. The molecule has 0 bridgehead atoms. The van der Waals surface area contributed by atoms with Crippen LogP contribution in [0.15, 0.2) is 42.5 Å². The normalized spacial score (nSPS) is 10.8. The molecule has 0 aliphatic rings. The Morgan fingerprint density at radius 3 is 2.32 bits per heavy atom. The van der Waals surface area contributed by atoms with Gasteiger partial charge in [0.2, 0.25) is 0 Å². The summed E-state index contributed by atoms with van der Waals surface area (Å²) in [6.45, 7) is 5.15. The third-order valence-electron chi connectivity index (χ3n) is 3.68. The molecule has 2 N–H and O–H groups in total. The molecule has 6 heteroatoms. The topological polar surface area (TPSA) is 24.1 Å². The average Bonchev–Trinajstić information content (AvgIpc) is 2.57. The van der Waals surface area contributed by atoms with Gasteiger partial charge in [0.25, 0.3) is 0 Å². The van der Waals surface area contributed by atoms with E-state index in [1.807, 2.05) is 18.2 Å². The molecular weight excluding hydrogens is 391 g/mol. The van der Waals surface area contributed by atoms with E-state index in [1.54, 1.807) is 11.8 Å². The molecule has 2 rings (SSSR count). The Hall–Kier alpha value is -0.940. The summed E-state index contributed by atoms with van der Waals surface area (Å²) in [6, 6.07) is 13.9. The van der Waals surface area contributed by atoms with Gasteiger partial charge in [0.1, 0.15) is 0 Å². The quantitative estimate of drug-likeness (QED) is 0.409. The van der Waals surface area contributed by atoms with E-state index in [1.165, 1.54) is 5.56 Å². The maximum Gasteiger partial charge on any atom is 0.170 e. The molecule has 134 valence electrons. The van der Waals surface area contributed by atoms with Crippen molar-refractivity contribution in [2.24, 2.45) is 0 Å². The fourth-order valence-corrected chi connectivity index (χ4v) is 4.02. The molecule has 2 aromatic carbocycles. The van der Waals surface area contributed by atoms with Gasteiger partial charge in [-0.3, -0.25) is 0 Å². The van der Waals surface area contributed by atoms with Gasteiger partial charge in [-0.15, -0.1) is 0 Å². The van der Waals surface area contributed by atoms with E-state index in [-0.39, 0.29) is 0 Å². The van der Waals surface area contributed by atoms with Crippen LogP contribution in [0.1, 0.15) is 30.9 Å². The SMILES string of the molecule is CC(C)c1ccc(NC(=S)NCCSCc2c(Cl)cccc2Cl)cc1. The van der Waals surface area contributed by atoms with Crippen molar-refractivity contribution < 1.29 is 0 Å². The van der Waals surface area contributed by atoms with Gasteiger partial charge in [0, 0.05) is 33.8 Å². The Bertz CT molecular complexity index is 683. The number of thiocarbonyl (C=S) groups is 1. The van der Waals surface area contributed by atoms with Crippen LogP contribution >= 0.6 is 47.2 Å². The maximum absolute atomic E-state index is 6.17. The molecule has 0 saturated heterocycles. The van der Waals surface area contributed by atoms with Gasteiger partial charge in [-0.1, -0.05) is 55.2 Å². The highest BCUT2D eigenvalue weighted by Crippen LogP contribution is 2.28. The second kappa shape index (κ2) is 10.3. The summed E-state index contributed by atoms with van der Waals surface area (Å²) in [5.41, 5.74) is 3.30. The molecule has 0 amide bonds. The van der Waals surface area contributed by atoms with Crippen molar-refractivity contribution in [3.8, 4) is 0 Å². The second-order valence-electron chi connectivity index (χ2n) is 5.91. The number of hydrogen-bond acceptors (Lipinski definition) is 2. The van der Waals surface area contributed by atoms with E-state index in [4.69, 9.17) is 35.4 Å². The number of thioether (sulfide) groups is 1. The first kappa shape index (κ1) is 20.4. The Kier molecular flexibility index (Phi) is 8.37. The number of benzene rings is 2. The molecule has 0 spiro atoms. The highest BCUT2D eigenvalue weighted by atomic mass is 35.5. The van der Waals surface area contributed by atoms with Crippen LogP contribution in [-0.4, -0.2) is 17.4 Å². The highest BCUT2D eigenvalue weighted by Gasteiger charge is 2.05. The summed E-state index contributed by atoms with van der Waals surface area (Å²) in [4.78, 5) is 0. The van der Waals surface area contributed by atoms with Crippen molar-refractivity contribution in [3.63, 3.8) is 0 Å². The molecule has 25 heavy (non-hydrogen) atoms. The van der Waals surface area contributed by atoms with Crippen LogP contribution in [0.4, 0.5) is 5.69 Å². The van der Waals surface area contributed by atoms with E-state index < -0.39 is 0 Å². The third-order valence-corrected chi connectivity index (χ3v) is 5.62. The molecule has 0 radical (unpaired) electrons. The zero-order valence-electron chi connectivity index (χ0n) is 14.3. The molecule has 2 nitrogen and oxygen atoms in total. The second-order valence-corrected chi connectivity index (χ2v) is 8.24. The Morgan fingerprint density at radius 2 is 1.72 bits per heavy atom. The Morgan fingerprint density at radius 1 is 1.08 bits per heavy atom. The first-order valence-corrected chi connectivity index (χ1v) is 10.4. The Balaban J connectivity index is 1.68. The van der Waals surface area contributed by atoms with Gasteiger partial charge in [-0.05, 0) is 53.5 Å². The van der Waals surface area contributed by atoms with E-state index in [0.717, 1.165) is 39.3 Å². The summed E-state index contributed by atoms with van der Waals surface area (Å²) in [7, 11) is 0. The average molecular weight is 413 g/mol. The lowest BCUT2D eigenvalue weighted by molar-refractivity contribution is 0.867. The largest absolute Gasteiger partial charge is 0.362 e. The number of nitrogens with one attached hydrogen (secondary N) is 2. The zero-order chi connectivity index (χ0) is 18.2. The molecule has 0 aliphatic carbocycles. The summed E-state index contributed by atoms with van der Waals surface area (Å²) in [6.07, 6.45) is 0. The van der Waals surface area contributed by atoms with Crippen molar-refractivity contribution in [2.75, 3.05) is 17.6 Å². The fourth-order valence-electron chi connectivity index (χ4n) is 2.21. The standard InChI is InChI=1S/C19H22Cl2N2S2/c1-13(2)14-6-8-15(9-7-14)23-19(24)22-10-11-25-12-16-17(20)4-3-5-18(16)21/h3-9,13H,10-12H2,1-2H3,(H2,22,23,24). The van der Waals surface area contributed by atoms with Crippen molar-refractivity contribution >= 4 is 58.0 Å². The van der Waals surface area contributed by atoms with Gasteiger partial charge in [-0.25, -0.2) is 0 Å². The highest BCUT2D eigenvalue weighted by molar-refractivity contribution is 7.98. The number of hydrogen-bond donors (Lipinski definition) is 2. The van der Waals surface area contributed by atoms with Crippen LogP contribution < -0.4 is 10.6 Å². The predicted octanol–water partition coefficient (Wildman–Crippen LogP) is 6.34. The number of halogens is 2. The molecule has 0 unspecified atom stereocenters. The van der Waals surface area contributed by atoms with Crippen LogP contribution in [0.25, 0.3) is 0 Å². The van der Waals surface area contributed by atoms with Crippen LogP contribution in [0.3, 0.4) is 0 Å². The first-order valence-electron chi connectivity index (χ1n) is 8.13. The monoisotopic (exact) mass is 412 g/mol. The summed E-state index contributed by atoms with van der Waals surface area (Å²) in [5, 5.41) is 8.49. The van der Waals surface area contributed by atoms with Gasteiger partial charge >= 0.3 is 0 Å². The minimum atomic E-state index is 0.530. The Labute approximate surface area is 169 Å². The van der Waals surface area contributed by atoms with Crippen LogP contribution in [0.2, 0.25) is 10.0 Å². The summed E-state index contributed by atoms with van der Waals surface area (Å²) >= 11 is 19.4. The van der Waals surface area contributed by atoms with Gasteiger partial charge in [0.05, 0.1) is 0 Å². The van der Waals surface area contributed by atoms with E-state index >= 15 is 0 Å². The maximum atomic E-state index is 6.17. The smallest absolute Gasteiger partial charge is 0.170 e. The molecule has 0 atom stereocenters. The van der Waals surface area contributed by atoms with Crippen molar-refractivity contribution in [1.29, 1.82) is 0 Å². The molecule has 0 saturated carbocycles.